The van der Waals surface area contributed by atoms with Gasteiger partial charge in [0.05, 0.1) is 11.9 Å². The number of aromatic nitrogens is 4. The zero-order chi connectivity index (χ0) is 13.1. The molecule has 0 amide bonds. The summed E-state index contributed by atoms with van der Waals surface area (Å²) in [4.78, 5) is 4.34. The fourth-order valence-electron chi connectivity index (χ4n) is 1.90. The summed E-state index contributed by atoms with van der Waals surface area (Å²) in [6.45, 7) is 2.92. The second kappa shape index (κ2) is 4.97. The average molecular weight is 253 g/mol. The third kappa shape index (κ3) is 2.35. The molecule has 0 fully saturated rings. The van der Waals surface area contributed by atoms with Gasteiger partial charge < -0.3 is 5.32 Å². The molecule has 0 atom stereocenters. The predicted octanol–water partition coefficient (Wildman–Crippen LogP) is 2.83. The summed E-state index contributed by atoms with van der Waals surface area (Å²) < 4.78 is 3.87. The normalized spacial score (nSPS) is 10.6. The second-order valence-corrected chi connectivity index (χ2v) is 4.17. The molecule has 0 aliphatic carbocycles. The van der Waals surface area contributed by atoms with Gasteiger partial charge in [-0.3, -0.25) is 9.25 Å². The molecular formula is C14H15N5. The fourth-order valence-corrected chi connectivity index (χ4v) is 1.90. The van der Waals surface area contributed by atoms with E-state index in [9.17, 15) is 0 Å². The highest BCUT2D eigenvalue weighted by Gasteiger charge is 2.06. The third-order valence-corrected chi connectivity index (χ3v) is 2.89. The van der Waals surface area contributed by atoms with Gasteiger partial charge >= 0.3 is 0 Å². The van der Waals surface area contributed by atoms with Crippen molar-refractivity contribution in [1.29, 1.82) is 0 Å². The Morgan fingerprint density at radius 3 is 2.79 bits per heavy atom. The Hall–Kier alpha value is -2.56. The van der Waals surface area contributed by atoms with Crippen molar-refractivity contribution < 1.29 is 0 Å². The molecule has 3 aromatic rings. The highest BCUT2D eigenvalue weighted by atomic mass is 15.3. The molecule has 0 spiro atoms. The van der Waals surface area contributed by atoms with Crippen LogP contribution in [0.3, 0.4) is 0 Å². The van der Waals surface area contributed by atoms with Crippen molar-refractivity contribution in [1.82, 2.24) is 19.3 Å². The Bertz CT molecular complexity index is 653. The van der Waals surface area contributed by atoms with E-state index in [0.717, 1.165) is 23.9 Å². The van der Waals surface area contributed by atoms with Crippen LogP contribution in [0.5, 0.6) is 0 Å². The van der Waals surface area contributed by atoms with Crippen LogP contribution in [0.15, 0.2) is 55.1 Å². The molecule has 0 bridgehead atoms. The number of anilines is 2. The lowest BCUT2D eigenvalue weighted by Gasteiger charge is -2.07. The summed E-state index contributed by atoms with van der Waals surface area (Å²) in [6.07, 6.45) is 7.52. The maximum absolute atomic E-state index is 4.34. The molecule has 1 N–H and O–H groups in total. The summed E-state index contributed by atoms with van der Waals surface area (Å²) in [7, 11) is 0. The van der Waals surface area contributed by atoms with E-state index >= 15 is 0 Å². The van der Waals surface area contributed by atoms with Gasteiger partial charge in [-0.25, -0.2) is 4.98 Å². The fraction of sp³-hybridized carbons (Fsp3) is 0.143. The molecule has 1 aromatic carbocycles. The van der Waals surface area contributed by atoms with Crippen LogP contribution in [0.1, 0.15) is 6.92 Å². The van der Waals surface area contributed by atoms with Gasteiger partial charge in [0.15, 0.2) is 0 Å². The molecule has 2 aromatic heterocycles. The largest absolute Gasteiger partial charge is 0.325 e. The zero-order valence-corrected chi connectivity index (χ0v) is 10.7. The topological polar surface area (TPSA) is 47.7 Å². The van der Waals surface area contributed by atoms with Gasteiger partial charge in [-0.1, -0.05) is 18.2 Å². The van der Waals surface area contributed by atoms with Gasteiger partial charge in [-0.05, 0) is 19.1 Å². The SMILES string of the molecule is CCn1cc(-n2ccnc2Nc2ccccc2)cn1. The first-order chi connectivity index (χ1) is 9.36. The number of aryl methyl sites for hydroxylation is 1. The number of benzene rings is 1. The molecule has 0 aliphatic heterocycles. The summed E-state index contributed by atoms with van der Waals surface area (Å²) in [5, 5.41) is 7.57. The lowest BCUT2D eigenvalue weighted by Crippen LogP contribution is -2.00. The van der Waals surface area contributed by atoms with Crippen LogP contribution >= 0.6 is 0 Å². The Balaban J connectivity index is 1.90. The molecule has 96 valence electrons. The van der Waals surface area contributed by atoms with Gasteiger partial charge in [0, 0.05) is 30.8 Å². The van der Waals surface area contributed by atoms with E-state index in [1.165, 1.54) is 0 Å². The van der Waals surface area contributed by atoms with Crippen LogP contribution in [0.4, 0.5) is 11.6 Å². The minimum atomic E-state index is 0.779. The molecule has 0 aliphatic rings. The van der Waals surface area contributed by atoms with Crippen molar-refractivity contribution in [2.45, 2.75) is 13.5 Å². The molecule has 0 unspecified atom stereocenters. The molecular weight excluding hydrogens is 238 g/mol. The summed E-state index contributed by atoms with van der Waals surface area (Å²) in [5.41, 5.74) is 2.01. The Morgan fingerprint density at radius 1 is 1.21 bits per heavy atom. The van der Waals surface area contributed by atoms with E-state index in [4.69, 9.17) is 0 Å². The van der Waals surface area contributed by atoms with Crippen LogP contribution < -0.4 is 5.32 Å². The average Bonchev–Trinajstić information content (AvgIpc) is 3.08. The van der Waals surface area contributed by atoms with Crippen LogP contribution in [0.2, 0.25) is 0 Å². The van der Waals surface area contributed by atoms with Crippen LogP contribution in [-0.4, -0.2) is 19.3 Å². The van der Waals surface area contributed by atoms with Gasteiger partial charge in [0.1, 0.15) is 0 Å². The van der Waals surface area contributed by atoms with Crippen molar-refractivity contribution in [3.63, 3.8) is 0 Å². The molecule has 2 heterocycles. The standard InChI is InChI=1S/C14H15N5/c1-2-18-11-13(10-16-18)19-9-8-15-14(19)17-12-6-4-3-5-7-12/h3-11H,2H2,1H3,(H,15,17). The van der Waals surface area contributed by atoms with Crippen molar-refractivity contribution in [2.24, 2.45) is 0 Å². The first kappa shape index (κ1) is 11.5. The Morgan fingerprint density at radius 2 is 2.05 bits per heavy atom. The minimum absolute atomic E-state index is 0.779. The van der Waals surface area contributed by atoms with E-state index in [1.807, 2.05) is 58.2 Å². The molecule has 5 heteroatoms. The van der Waals surface area contributed by atoms with Crippen molar-refractivity contribution >= 4 is 11.6 Å². The number of nitrogens with zero attached hydrogens (tertiary/aromatic N) is 4. The van der Waals surface area contributed by atoms with Gasteiger partial charge in [-0.2, -0.15) is 5.10 Å². The Kier molecular flexibility index (Phi) is 3.02. The second-order valence-electron chi connectivity index (χ2n) is 4.17. The van der Waals surface area contributed by atoms with Crippen molar-refractivity contribution in [2.75, 3.05) is 5.32 Å². The van der Waals surface area contributed by atoms with E-state index in [2.05, 4.69) is 22.3 Å². The van der Waals surface area contributed by atoms with E-state index < -0.39 is 0 Å². The van der Waals surface area contributed by atoms with Crippen molar-refractivity contribution in [3.05, 3.63) is 55.1 Å². The van der Waals surface area contributed by atoms with Gasteiger partial charge in [0.2, 0.25) is 5.95 Å². The summed E-state index contributed by atoms with van der Waals surface area (Å²) >= 11 is 0. The molecule has 19 heavy (non-hydrogen) atoms. The van der Waals surface area contributed by atoms with E-state index in [1.54, 1.807) is 6.20 Å². The smallest absolute Gasteiger partial charge is 0.212 e. The molecule has 0 saturated carbocycles. The number of hydrogen-bond donors (Lipinski definition) is 1. The van der Waals surface area contributed by atoms with E-state index in [-0.39, 0.29) is 0 Å². The molecule has 3 rings (SSSR count). The number of hydrogen-bond acceptors (Lipinski definition) is 3. The number of imidazole rings is 1. The first-order valence-electron chi connectivity index (χ1n) is 6.25. The maximum atomic E-state index is 4.34. The van der Waals surface area contributed by atoms with Gasteiger partial charge in [-0.15, -0.1) is 0 Å². The van der Waals surface area contributed by atoms with Crippen LogP contribution in [-0.2, 0) is 6.54 Å². The number of nitrogens with one attached hydrogen (secondary N) is 1. The Labute approximate surface area is 111 Å². The molecule has 5 nitrogen and oxygen atoms in total. The lowest BCUT2D eigenvalue weighted by atomic mass is 10.3. The third-order valence-electron chi connectivity index (χ3n) is 2.89. The van der Waals surface area contributed by atoms with E-state index in [0.29, 0.717) is 0 Å². The van der Waals surface area contributed by atoms with Crippen molar-refractivity contribution in [3.8, 4) is 5.69 Å². The van der Waals surface area contributed by atoms with Crippen LogP contribution in [0.25, 0.3) is 5.69 Å². The zero-order valence-electron chi connectivity index (χ0n) is 10.7. The summed E-state index contributed by atoms with van der Waals surface area (Å²) in [6, 6.07) is 9.99. The monoisotopic (exact) mass is 253 g/mol. The maximum Gasteiger partial charge on any atom is 0.212 e. The quantitative estimate of drug-likeness (QED) is 0.777. The summed E-state index contributed by atoms with van der Waals surface area (Å²) in [5.74, 6) is 0.779. The lowest BCUT2D eigenvalue weighted by molar-refractivity contribution is 0.659. The number of para-hydroxylation sites is 1. The predicted molar refractivity (Wildman–Crippen MR) is 74.7 cm³/mol. The highest BCUT2D eigenvalue weighted by Crippen LogP contribution is 2.18. The minimum Gasteiger partial charge on any atom is -0.325 e. The van der Waals surface area contributed by atoms with Gasteiger partial charge in [0.25, 0.3) is 0 Å². The molecule has 0 radical (unpaired) electrons. The highest BCUT2D eigenvalue weighted by molar-refractivity contribution is 5.55. The van der Waals surface area contributed by atoms with Crippen LogP contribution in [0, 0.1) is 0 Å². The molecule has 0 saturated heterocycles. The number of rotatable bonds is 4. The first-order valence-corrected chi connectivity index (χ1v) is 6.25.